The summed E-state index contributed by atoms with van der Waals surface area (Å²) in [5.41, 5.74) is 0. The van der Waals surface area contributed by atoms with E-state index in [1.165, 1.54) is 4.90 Å². The van der Waals surface area contributed by atoms with Crippen molar-refractivity contribution in [2.75, 3.05) is 33.4 Å². The standard InChI is InChI=1S/C11H20N2O4/c1-3-17-10(14)4-6-13(2)11(15)12-9-5-7-16-8-9/h9H,3-8H2,1-2H3,(H,12,15). The molecule has 1 heterocycles. The van der Waals surface area contributed by atoms with Crippen LogP contribution in [0.25, 0.3) is 0 Å². The molecule has 17 heavy (non-hydrogen) atoms. The van der Waals surface area contributed by atoms with Gasteiger partial charge in [-0.3, -0.25) is 4.79 Å². The highest BCUT2D eigenvalue weighted by atomic mass is 16.5. The number of urea groups is 1. The fourth-order valence-corrected chi connectivity index (χ4v) is 1.53. The monoisotopic (exact) mass is 244 g/mol. The Kier molecular flexibility index (Phi) is 5.76. The second-order valence-corrected chi connectivity index (χ2v) is 3.99. The van der Waals surface area contributed by atoms with Gasteiger partial charge in [-0.25, -0.2) is 4.79 Å². The number of esters is 1. The van der Waals surface area contributed by atoms with Crippen molar-refractivity contribution in [3.05, 3.63) is 0 Å². The van der Waals surface area contributed by atoms with Crippen LogP contribution in [0.5, 0.6) is 0 Å². The van der Waals surface area contributed by atoms with E-state index in [1.54, 1.807) is 14.0 Å². The molecule has 0 aromatic carbocycles. The first-order valence-electron chi connectivity index (χ1n) is 5.88. The van der Waals surface area contributed by atoms with E-state index in [9.17, 15) is 9.59 Å². The number of rotatable bonds is 5. The van der Waals surface area contributed by atoms with E-state index in [2.05, 4.69) is 5.32 Å². The fraction of sp³-hybridized carbons (Fsp3) is 0.818. The van der Waals surface area contributed by atoms with Gasteiger partial charge in [0.2, 0.25) is 0 Å². The van der Waals surface area contributed by atoms with Crippen molar-refractivity contribution in [1.29, 1.82) is 0 Å². The van der Waals surface area contributed by atoms with Gasteiger partial charge in [0.1, 0.15) is 0 Å². The molecular formula is C11H20N2O4. The van der Waals surface area contributed by atoms with E-state index >= 15 is 0 Å². The van der Waals surface area contributed by atoms with Crippen molar-refractivity contribution in [3.63, 3.8) is 0 Å². The second kappa shape index (κ2) is 7.11. The summed E-state index contributed by atoms with van der Waals surface area (Å²) in [6.45, 7) is 3.75. The highest BCUT2D eigenvalue weighted by Gasteiger charge is 2.19. The zero-order chi connectivity index (χ0) is 12.7. The van der Waals surface area contributed by atoms with Crippen LogP contribution in [0.1, 0.15) is 19.8 Å². The van der Waals surface area contributed by atoms with E-state index in [-0.39, 0.29) is 24.5 Å². The molecule has 98 valence electrons. The van der Waals surface area contributed by atoms with Gasteiger partial charge < -0.3 is 19.7 Å². The molecule has 2 amide bonds. The minimum atomic E-state index is -0.281. The maximum atomic E-state index is 11.7. The first-order valence-corrected chi connectivity index (χ1v) is 5.88. The molecule has 1 unspecified atom stereocenters. The van der Waals surface area contributed by atoms with Crippen molar-refractivity contribution >= 4 is 12.0 Å². The van der Waals surface area contributed by atoms with E-state index < -0.39 is 0 Å². The van der Waals surface area contributed by atoms with Crippen LogP contribution in [-0.2, 0) is 14.3 Å². The number of nitrogens with zero attached hydrogens (tertiary/aromatic N) is 1. The van der Waals surface area contributed by atoms with Crippen molar-refractivity contribution in [2.24, 2.45) is 0 Å². The summed E-state index contributed by atoms with van der Waals surface area (Å²) < 4.78 is 9.95. The van der Waals surface area contributed by atoms with Gasteiger partial charge in [-0.05, 0) is 13.3 Å². The third-order valence-electron chi connectivity index (χ3n) is 2.56. The molecular weight excluding hydrogens is 224 g/mol. The summed E-state index contributed by atoms with van der Waals surface area (Å²) in [4.78, 5) is 24.3. The average molecular weight is 244 g/mol. The Balaban J connectivity index is 2.19. The molecule has 6 heteroatoms. The minimum absolute atomic E-state index is 0.0903. The number of ether oxygens (including phenoxy) is 2. The van der Waals surface area contributed by atoms with Gasteiger partial charge in [0, 0.05) is 20.2 Å². The zero-order valence-corrected chi connectivity index (χ0v) is 10.4. The topological polar surface area (TPSA) is 67.9 Å². The molecule has 0 bridgehead atoms. The number of carbonyl (C=O) groups excluding carboxylic acids is 2. The number of carbonyl (C=O) groups is 2. The van der Waals surface area contributed by atoms with Crippen molar-refractivity contribution in [1.82, 2.24) is 10.2 Å². The average Bonchev–Trinajstić information content (AvgIpc) is 2.79. The summed E-state index contributed by atoms with van der Waals surface area (Å²) in [7, 11) is 1.66. The largest absolute Gasteiger partial charge is 0.466 e. The number of amides is 2. The predicted molar refractivity (Wildman–Crippen MR) is 61.6 cm³/mol. The molecule has 1 aliphatic heterocycles. The van der Waals surface area contributed by atoms with Crippen LogP contribution in [0.15, 0.2) is 0 Å². The lowest BCUT2D eigenvalue weighted by Crippen LogP contribution is -2.44. The van der Waals surface area contributed by atoms with Gasteiger partial charge in [0.05, 0.1) is 25.7 Å². The molecule has 1 N–H and O–H groups in total. The molecule has 0 aromatic heterocycles. The molecule has 1 aliphatic rings. The van der Waals surface area contributed by atoms with Crippen LogP contribution in [-0.4, -0.2) is 56.4 Å². The Labute approximate surface area is 101 Å². The molecule has 6 nitrogen and oxygen atoms in total. The van der Waals surface area contributed by atoms with Gasteiger partial charge in [-0.1, -0.05) is 0 Å². The Morgan fingerprint density at radius 1 is 1.53 bits per heavy atom. The second-order valence-electron chi connectivity index (χ2n) is 3.99. The molecule has 0 saturated carbocycles. The minimum Gasteiger partial charge on any atom is -0.466 e. The highest BCUT2D eigenvalue weighted by molar-refractivity contribution is 5.75. The number of hydrogen-bond acceptors (Lipinski definition) is 4. The molecule has 0 radical (unpaired) electrons. The van der Waals surface area contributed by atoms with Crippen LogP contribution in [0.3, 0.4) is 0 Å². The predicted octanol–water partition coefficient (Wildman–Crippen LogP) is 0.370. The number of hydrogen-bond donors (Lipinski definition) is 1. The quantitative estimate of drug-likeness (QED) is 0.709. The summed E-state index contributed by atoms with van der Waals surface area (Å²) in [5, 5.41) is 2.84. The normalized spacial score (nSPS) is 18.8. The summed E-state index contributed by atoms with van der Waals surface area (Å²) in [6.07, 6.45) is 1.07. The van der Waals surface area contributed by atoms with Crippen molar-refractivity contribution in [3.8, 4) is 0 Å². The Bertz CT molecular complexity index is 264. The van der Waals surface area contributed by atoms with Crippen LogP contribution in [0.4, 0.5) is 4.79 Å². The van der Waals surface area contributed by atoms with Gasteiger partial charge in [-0.2, -0.15) is 0 Å². The van der Waals surface area contributed by atoms with E-state index in [4.69, 9.17) is 9.47 Å². The lowest BCUT2D eigenvalue weighted by Gasteiger charge is -2.19. The van der Waals surface area contributed by atoms with Gasteiger partial charge in [-0.15, -0.1) is 0 Å². The smallest absolute Gasteiger partial charge is 0.317 e. The third-order valence-corrected chi connectivity index (χ3v) is 2.56. The molecule has 0 spiro atoms. The van der Waals surface area contributed by atoms with Crippen LogP contribution >= 0.6 is 0 Å². The van der Waals surface area contributed by atoms with Crippen LogP contribution in [0.2, 0.25) is 0 Å². The lowest BCUT2D eigenvalue weighted by molar-refractivity contribution is -0.143. The molecule has 0 aliphatic carbocycles. The summed E-state index contributed by atoms with van der Waals surface area (Å²) in [5.74, 6) is -0.281. The maximum absolute atomic E-state index is 11.7. The van der Waals surface area contributed by atoms with Crippen molar-refractivity contribution in [2.45, 2.75) is 25.8 Å². The third kappa shape index (κ3) is 5.04. The lowest BCUT2D eigenvalue weighted by atomic mass is 10.3. The Morgan fingerprint density at radius 2 is 2.29 bits per heavy atom. The Morgan fingerprint density at radius 3 is 2.88 bits per heavy atom. The van der Waals surface area contributed by atoms with Crippen LogP contribution in [0, 0.1) is 0 Å². The van der Waals surface area contributed by atoms with Gasteiger partial charge in [0.15, 0.2) is 0 Å². The Hall–Kier alpha value is -1.30. The number of nitrogens with one attached hydrogen (secondary N) is 1. The first kappa shape index (κ1) is 13.8. The van der Waals surface area contributed by atoms with E-state index in [0.717, 1.165) is 6.42 Å². The van der Waals surface area contributed by atoms with E-state index in [0.29, 0.717) is 26.4 Å². The molecule has 1 fully saturated rings. The molecule has 1 atom stereocenters. The highest BCUT2D eigenvalue weighted by Crippen LogP contribution is 2.04. The van der Waals surface area contributed by atoms with Gasteiger partial charge >= 0.3 is 12.0 Å². The maximum Gasteiger partial charge on any atom is 0.317 e. The van der Waals surface area contributed by atoms with E-state index in [1.807, 2.05) is 0 Å². The molecule has 1 rings (SSSR count). The van der Waals surface area contributed by atoms with Crippen molar-refractivity contribution < 1.29 is 19.1 Å². The summed E-state index contributed by atoms with van der Waals surface area (Å²) in [6, 6.07) is -0.0858. The molecule has 0 aromatic rings. The van der Waals surface area contributed by atoms with Crippen LogP contribution < -0.4 is 5.32 Å². The SMILES string of the molecule is CCOC(=O)CCN(C)C(=O)NC1CCOC1. The van der Waals surface area contributed by atoms with Gasteiger partial charge in [0.25, 0.3) is 0 Å². The molecule has 1 saturated heterocycles. The summed E-state index contributed by atoms with van der Waals surface area (Å²) >= 11 is 0. The first-order chi connectivity index (χ1) is 8.13. The fourth-order valence-electron chi connectivity index (χ4n) is 1.53. The zero-order valence-electron chi connectivity index (χ0n) is 10.4.